The summed E-state index contributed by atoms with van der Waals surface area (Å²) in [6, 6.07) is 8.27. The predicted molar refractivity (Wildman–Crippen MR) is 74.1 cm³/mol. The van der Waals surface area contributed by atoms with Gasteiger partial charge in [-0.1, -0.05) is 23.4 Å². The summed E-state index contributed by atoms with van der Waals surface area (Å²) in [6.07, 6.45) is 1.34. The fourth-order valence-electron chi connectivity index (χ4n) is 2.77. The SMILES string of the molecule is c1ccc2c(c1)CC(c1noc(CC3COCCN3)n1)O2. The quantitative estimate of drug-likeness (QED) is 0.917. The van der Waals surface area contributed by atoms with Crippen LogP contribution in [0, 0.1) is 0 Å². The molecule has 1 N–H and O–H groups in total. The van der Waals surface area contributed by atoms with E-state index < -0.39 is 0 Å². The van der Waals surface area contributed by atoms with Crippen LogP contribution in [-0.2, 0) is 17.6 Å². The van der Waals surface area contributed by atoms with Gasteiger partial charge in [-0.25, -0.2) is 0 Å². The molecule has 0 bridgehead atoms. The third kappa shape index (κ3) is 2.64. The minimum absolute atomic E-state index is 0.143. The Bertz CT molecular complexity index is 597. The van der Waals surface area contributed by atoms with Crippen molar-refractivity contribution in [2.75, 3.05) is 19.8 Å². The molecule has 0 saturated carbocycles. The summed E-state index contributed by atoms with van der Waals surface area (Å²) < 4.78 is 16.6. The van der Waals surface area contributed by atoms with Gasteiger partial charge in [0.1, 0.15) is 5.75 Å². The van der Waals surface area contributed by atoms with Gasteiger partial charge in [-0.15, -0.1) is 0 Å². The average molecular weight is 287 g/mol. The highest BCUT2D eigenvalue weighted by atomic mass is 16.5. The number of hydrogen-bond acceptors (Lipinski definition) is 6. The highest BCUT2D eigenvalue weighted by Crippen LogP contribution is 2.35. The van der Waals surface area contributed by atoms with Crippen molar-refractivity contribution in [2.45, 2.75) is 25.0 Å². The number of para-hydroxylation sites is 1. The number of nitrogens with zero attached hydrogens (tertiary/aromatic N) is 2. The lowest BCUT2D eigenvalue weighted by Crippen LogP contribution is -2.42. The fourth-order valence-corrected chi connectivity index (χ4v) is 2.77. The van der Waals surface area contributed by atoms with Crippen molar-refractivity contribution >= 4 is 0 Å². The van der Waals surface area contributed by atoms with Gasteiger partial charge in [0.2, 0.25) is 11.7 Å². The molecule has 0 aliphatic carbocycles. The predicted octanol–water partition coefficient (Wildman–Crippen LogP) is 1.28. The Morgan fingerprint density at radius 1 is 1.29 bits per heavy atom. The number of ether oxygens (including phenoxy) is 2. The highest BCUT2D eigenvalue weighted by molar-refractivity contribution is 5.37. The molecule has 6 nitrogen and oxygen atoms in total. The molecule has 0 amide bonds. The van der Waals surface area contributed by atoms with Gasteiger partial charge in [0.05, 0.1) is 13.2 Å². The lowest BCUT2D eigenvalue weighted by atomic mass is 10.1. The molecule has 110 valence electrons. The molecule has 2 aliphatic rings. The number of benzene rings is 1. The Morgan fingerprint density at radius 3 is 3.10 bits per heavy atom. The summed E-state index contributed by atoms with van der Waals surface area (Å²) in [4.78, 5) is 4.47. The maximum Gasteiger partial charge on any atom is 0.228 e. The average Bonchev–Trinajstić information content (AvgIpc) is 3.14. The summed E-state index contributed by atoms with van der Waals surface area (Å²) >= 11 is 0. The van der Waals surface area contributed by atoms with Gasteiger partial charge in [0.25, 0.3) is 0 Å². The topological polar surface area (TPSA) is 69.4 Å². The van der Waals surface area contributed by atoms with E-state index in [-0.39, 0.29) is 12.1 Å². The van der Waals surface area contributed by atoms with Crippen LogP contribution in [0.4, 0.5) is 0 Å². The zero-order valence-electron chi connectivity index (χ0n) is 11.6. The van der Waals surface area contributed by atoms with Gasteiger partial charge in [-0.3, -0.25) is 0 Å². The molecule has 1 aromatic heterocycles. The van der Waals surface area contributed by atoms with Crippen molar-refractivity contribution in [3.05, 3.63) is 41.5 Å². The van der Waals surface area contributed by atoms with Crippen molar-refractivity contribution < 1.29 is 14.0 Å². The van der Waals surface area contributed by atoms with Crippen molar-refractivity contribution in [1.82, 2.24) is 15.5 Å². The van der Waals surface area contributed by atoms with Crippen LogP contribution in [0.5, 0.6) is 5.75 Å². The van der Waals surface area contributed by atoms with Gasteiger partial charge in [0, 0.05) is 25.4 Å². The van der Waals surface area contributed by atoms with Crippen molar-refractivity contribution in [1.29, 1.82) is 0 Å². The summed E-state index contributed by atoms with van der Waals surface area (Å²) in [5.74, 6) is 2.17. The van der Waals surface area contributed by atoms with E-state index in [0.29, 0.717) is 24.7 Å². The molecule has 2 aromatic rings. The lowest BCUT2D eigenvalue weighted by molar-refractivity contribution is 0.0744. The van der Waals surface area contributed by atoms with Crippen LogP contribution in [0.3, 0.4) is 0 Å². The fraction of sp³-hybridized carbons (Fsp3) is 0.467. The minimum atomic E-state index is -0.143. The molecule has 4 rings (SSSR count). The van der Waals surface area contributed by atoms with Crippen molar-refractivity contribution in [2.24, 2.45) is 0 Å². The second kappa shape index (κ2) is 5.46. The molecule has 6 heteroatoms. The molecule has 1 aromatic carbocycles. The summed E-state index contributed by atoms with van der Waals surface area (Å²) in [7, 11) is 0. The maximum absolute atomic E-state index is 5.87. The Morgan fingerprint density at radius 2 is 2.24 bits per heavy atom. The Kier molecular flexibility index (Phi) is 3.33. The number of rotatable bonds is 3. The van der Waals surface area contributed by atoms with Gasteiger partial charge in [-0.05, 0) is 11.6 Å². The summed E-state index contributed by atoms with van der Waals surface area (Å²) in [5, 5.41) is 7.44. The van der Waals surface area contributed by atoms with Crippen LogP contribution in [0.2, 0.25) is 0 Å². The van der Waals surface area contributed by atoms with Crippen LogP contribution in [0.15, 0.2) is 28.8 Å². The third-order valence-electron chi connectivity index (χ3n) is 3.84. The van der Waals surface area contributed by atoms with Gasteiger partial charge in [-0.2, -0.15) is 4.98 Å². The first-order chi connectivity index (χ1) is 10.4. The highest BCUT2D eigenvalue weighted by Gasteiger charge is 2.28. The first-order valence-corrected chi connectivity index (χ1v) is 7.26. The molecule has 3 heterocycles. The van der Waals surface area contributed by atoms with E-state index in [1.54, 1.807) is 0 Å². The number of nitrogens with one attached hydrogen (secondary N) is 1. The van der Waals surface area contributed by atoms with Gasteiger partial charge < -0.3 is 19.3 Å². The van der Waals surface area contributed by atoms with E-state index in [0.717, 1.165) is 25.3 Å². The van der Waals surface area contributed by atoms with E-state index in [2.05, 4.69) is 21.5 Å². The lowest BCUT2D eigenvalue weighted by Gasteiger charge is -2.22. The van der Waals surface area contributed by atoms with E-state index in [1.165, 1.54) is 5.56 Å². The third-order valence-corrected chi connectivity index (χ3v) is 3.84. The smallest absolute Gasteiger partial charge is 0.228 e. The number of hydrogen-bond donors (Lipinski definition) is 1. The van der Waals surface area contributed by atoms with Crippen LogP contribution < -0.4 is 10.1 Å². The van der Waals surface area contributed by atoms with Gasteiger partial charge in [0.15, 0.2) is 6.10 Å². The first-order valence-electron chi connectivity index (χ1n) is 7.26. The molecule has 21 heavy (non-hydrogen) atoms. The Balaban J connectivity index is 1.43. The normalized spacial score (nSPS) is 24.6. The van der Waals surface area contributed by atoms with Crippen LogP contribution in [0.1, 0.15) is 23.4 Å². The molecule has 2 aliphatic heterocycles. The molecule has 2 unspecified atom stereocenters. The monoisotopic (exact) mass is 287 g/mol. The summed E-state index contributed by atoms with van der Waals surface area (Å²) in [6.45, 7) is 2.32. The maximum atomic E-state index is 5.87. The molecule has 0 radical (unpaired) electrons. The zero-order chi connectivity index (χ0) is 14.1. The molecule has 2 atom stereocenters. The molecular weight excluding hydrogens is 270 g/mol. The molecule has 0 spiro atoms. The molecular formula is C15H17N3O3. The van der Waals surface area contributed by atoms with E-state index in [1.807, 2.05) is 18.2 Å². The minimum Gasteiger partial charge on any atom is -0.482 e. The van der Waals surface area contributed by atoms with E-state index >= 15 is 0 Å². The number of aromatic nitrogens is 2. The second-order valence-electron chi connectivity index (χ2n) is 5.39. The number of fused-ring (bicyclic) bond motifs is 1. The first kappa shape index (κ1) is 12.8. The van der Waals surface area contributed by atoms with Crippen LogP contribution >= 0.6 is 0 Å². The molecule has 1 saturated heterocycles. The summed E-state index contributed by atoms with van der Waals surface area (Å²) in [5.41, 5.74) is 1.19. The zero-order valence-corrected chi connectivity index (χ0v) is 11.6. The van der Waals surface area contributed by atoms with Crippen molar-refractivity contribution in [3.63, 3.8) is 0 Å². The van der Waals surface area contributed by atoms with Crippen LogP contribution in [-0.4, -0.2) is 35.9 Å². The number of morpholine rings is 1. The van der Waals surface area contributed by atoms with Crippen LogP contribution in [0.25, 0.3) is 0 Å². The largest absolute Gasteiger partial charge is 0.482 e. The standard InChI is InChI=1S/C15H17N3O3/c1-2-4-12-10(3-1)7-13(20-12)15-17-14(21-18-15)8-11-9-19-6-5-16-11/h1-4,11,13,16H,5-9H2. The second-order valence-corrected chi connectivity index (χ2v) is 5.39. The van der Waals surface area contributed by atoms with E-state index in [4.69, 9.17) is 14.0 Å². The van der Waals surface area contributed by atoms with Gasteiger partial charge >= 0.3 is 0 Å². The van der Waals surface area contributed by atoms with E-state index in [9.17, 15) is 0 Å². The Hall–Kier alpha value is -1.92. The molecule has 1 fully saturated rings. The van der Waals surface area contributed by atoms with Crippen molar-refractivity contribution in [3.8, 4) is 5.75 Å². The Labute approximate surface area is 122 Å².